The van der Waals surface area contributed by atoms with Crippen molar-refractivity contribution >= 4 is 26.5 Å². The van der Waals surface area contributed by atoms with Gasteiger partial charge in [0.25, 0.3) is 10.0 Å². The van der Waals surface area contributed by atoms with E-state index in [1.165, 1.54) is 4.31 Å². The third-order valence-corrected chi connectivity index (χ3v) is 6.03. The van der Waals surface area contributed by atoms with E-state index in [0.29, 0.717) is 23.0 Å². The average molecular weight is 359 g/mol. The summed E-state index contributed by atoms with van der Waals surface area (Å²) in [5, 5.41) is 5.51. The van der Waals surface area contributed by atoms with E-state index in [2.05, 4.69) is 10.1 Å². The van der Waals surface area contributed by atoms with Crippen LogP contribution in [0.2, 0.25) is 0 Å². The van der Waals surface area contributed by atoms with E-state index in [-0.39, 0.29) is 18.5 Å². The first kappa shape index (κ1) is 16.0. The molecule has 1 aliphatic rings. The minimum Gasteiger partial charge on any atom is -0.371 e. The van der Waals surface area contributed by atoms with Crippen LogP contribution in [0.1, 0.15) is 31.7 Å². The van der Waals surface area contributed by atoms with E-state index in [1.807, 2.05) is 32.0 Å². The zero-order valence-corrected chi connectivity index (χ0v) is 14.7. The Labute approximate surface area is 145 Å². The SMILES string of the molecule is CCOC(C)c1noc(CN2c3cccc4cccc(c34)S2(=O)=O)n1. The van der Waals surface area contributed by atoms with Gasteiger partial charge < -0.3 is 9.26 Å². The maximum Gasteiger partial charge on any atom is 0.265 e. The first-order valence-corrected chi connectivity index (χ1v) is 9.45. The fourth-order valence-electron chi connectivity index (χ4n) is 3.07. The number of hydrogen-bond donors (Lipinski definition) is 0. The molecule has 0 aliphatic carbocycles. The largest absolute Gasteiger partial charge is 0.371 e. The number of ether oxygens (including phenoxy) is 1. The normalized spacial score (nSPS) is 16.5. The van der Waals surface area contributed by atoms with E-state index >= 15 is 0 Å². The minimum absolute atomic E-state index is 0.0119. The first-order valence-electron chi connectivity index (χ1n) is 8.01. The maximum atomic E-state index is 12.9. The predicted octanol–water partition coefficient (Wildman–Crippen LogP) is 3.03. The Morgan fingerprint density at radius 1 is 1.24 bits per heavy atom. The van der Waals surface area contributed by atoms with Crippen LogP contribution in [0.4, 0.5) is 5.69 Å². The van der Waals surface area contributed by atoms with Crippen molar-refractivity contribution in [1.29, 1.82) is 0 Å². The summed E-state index contributed by atoms with van der Waals surface area (Å²) in [6.45, 7) is 4.22. The Kier molecular flexibility index (Phi) is 3.73. The molecule has 0 fully saturated rings. The monoisotopic (exact) mass is 359 g/mol. The van der Waals surface area contributed by atoms with Crippen LogP contribution in [-0.2, 0) is 21.3 Å². The van der Waals surface area contributed by atoms with E-state index in [9.17, 15) is 8.42 Å². The Bertz CT molecular complexity index is 1040. The van der Waals surface area contributed by atoms with Gasteiger partial charge >= 0.3 is 0 Å². The molecule has 1 atom stereocenters. The maximum absolute atomic E-state index is 12.9. The summed E-state index contributed by atoms with van der Waals surface area (Å²) in [4.78, 5) is 4.58. The zero-order valence-electron chi connectivity index (χ0n) is 13.8. The van der Waals surface area contributed by atoms with Gasteiger partial charge in [-0.05, 0) is 31.4 Å². The molecule has 4 rings (SSSR count). The van der Waals surface area contributed by atoms with Gasteiger partial charge in [0, 0.05) is 12.0 Å². The molecule has 0 N–H and O–H groups in total. The van der Waals surface area contributed by atoms with Gasteiger partial charge in [-0.15, -0.1) is 0 Å². The Hall–Kier alpha value is -2.45. The highest BCUT2D eigenvalue weighted by atomic mass is 32.2. The quantitative estimate of drug-likeness (QED) is 0.696. The number of hydrogen-bond acceptors (Lipinski definition) is 6. The van der Waals surface area contributed by atoms with Crippen LogP contribution in [0.3, 0.4) is 0 Å². The third-order valence-electron chi connectivity index (χ3n) is 4.22. The lowest BCUT2D eigenvalue weighted by atomic mass is 10.1. The second-order valence-corrected chi connectivity index (χ2v) is 7.62. The van der Waals surface area contributed by atoms with Crippen LogP contribution in [0.5, 0.6) is 0 Å². The highest BCUT2D eigenvalue weighted by molar-refractivity contribution is 7.93. The van der Waals surface area contributed by atoms with Crippen LogP contribution in [0.25, 0.3) is 10.8 Å². The standard InChI is InChI=1S/C17H17N3O4S/c1-3-23-11(2)17-18-15(24-19-17)10-20-13-8-4-6-12-7-5-9-14(16(12)13)25(20,21)22/h4-9,11H,3,10H2,1-2H3. The topological polar surface area (TPSA) is 85.5 Å². The predicted molar refractivity (Wildman–Crippen MR) is 91.7 cm³/mol. The molecule has 7 nitrogen and oxygen atoms in total. The van der Waals surface area contributed by atoms with Gasteiger partial charge in [0.2, 0.25) is 5.89 Å². The number of aromatic nitrogens is 2. The van der Waals surface area contributed by atoms with Gasteiger partial charge in [-0.3, -0.25) is 4.31 Å². The first-order chi connectivity index (χ1) is 12.0. The summed E-state index contributed by atoms with van der Waals surface area (Å²) in [6, 6.07) is 10.8. The van der Waals surface area contributed by atoms with Crippen LogP contribution < -0.4 is 4.31 Å². The number of rotatable bonds is 5. The van der Waals surface area contributed by atoms with Crippen molar-refractivity contribution in [1.82, 2.24) is 10.1 Å². The fraction of sp³-hybridized carbons (Fsp3) is 0.294. The molecule has 0 saturated heterocycles. The van der Waals surface area contributed by atoms with Crippen LogP contribution in [0.15, 0.2) is 45.8 Å². The van der Waals surface area contributed by atoms with Crippen molar-refractivity contribution in [2.75, 3.05) is 10.9 Å². The molecule has 2 aromatic carbocycles. The van der Waals surface area contributed by atoms with E-state index < -0.39 is 10.0 Å². The van der Waals surface area contributed by atoms with Crippen molar-refractivity contribution < 1.29 is 17.7 Å². The molecule has 0 spiro atoms. The molecule has 25 heavy (non-hydrogen) atoms. The molecule has 130 valence electrons. The van der Waals surface area contributed by atoms with Crippen LogP contribution >= 0.6 is 0 Å². The third kappa shape index (κ3) is 2.49. The molecule has 3 aromatic rings. The molecule has 1 aromatic heterocycles. The number of sulfonamides is 1. The van der Waals surface area contributed by atoms with Crippen molar-refractivity contribution in [2.45, 2.75) is 31.4 Å². The van der Waals surface area contributed by atoms with Crippen LogP contribution in [-0.4, -0.2) is 25.2 Å². The number of anilines is 1. The summed E-state index contributed by atoms with van der Waals surface area (Å²) in [6.07, 6.45) is -0.307. The van der Waals surface area contributed by atoms with Gasteiger partial charge in [-0.1, -0.05) is 29.4 Å². The lowest BCUT2D eigenvalue weighted by molar-refractivity contribution is 0.0683. The molecular weight excluding hydrogens is 342 g/mol. The Balaban J connectivity index is 1.72. The van der Waals surface area contributed by atoms with E-state index in [1.54, 1.807) is 18.2 Å². The Morgan fingerprint density at radius 2 is 2.00 bits per heavy atom. The summed E-state index contributed by atoms with van der Waals surface area (Å²) in [5.74, 6) is 0.638. The number of benzene rings is 2. The summed E-state index contributed by atoms with van der Waals surface area (Å²) in [5.41, 5.74) is 0.630. The average Bonchev–Trinajstić information content (AvgIpc) is 3.15. The highest BCUT2D eigenvalue weighted by Crippen LogP contribution is 2.42. The van der Waals surface area contributed by atoms with Gasteiger partial charge in [-0.25, -0.2) is 8.42 Å². The summed E-state index contributed by atoms with van der Waals surface area (Å²) in [7, 11) is -3.64. The molecule has 0 amide bonds. The smallest absolute Gasteiger partial charge is 0.265 e. The molecule has 0 bridgehead atoms. The lowest BCUT2D eigenvalue weighted by Crippen LogP contribution is -2.26. The molecular formula is C17H17N3O4S. The molecule has 0 radical (unpaired) electrons. The summed E-state index contributed by atoms with van der Waals surface area (Å²) >= 11 is 0. The molecule has 1 unspecified atom stereocenters. The van der Waals surface area contributed by atoms with Gasteiger partial charge in [0.15, 0.2) is 5.82 Å². The van der Waals surface area contributed by atoms with Crippen molar-refractivity contribution in [3.8, 4) is 0 Å². The van der Waals surface area contributed by atoms with Crippen molar-refractivity contribution in [2.24, 2.45) is 0 Å². The van der Waals surface area contributed by atoms with Gasteiger partial charge in [0.1, 0.15) is 12.6 Å². The minimum atomic E-state index is -3.64. The van der Waals surface area contributed by atoms with Crippen LogP contribution in [0, 0.1) is 0 Å². The van der Waals surface area contributed by atoms with Gasteiger partial charge in [0.05, 0.1) is 10.6 Å². The second kappa shape index (κ2) is 5.82. The van der Waals surface area contributed by atoms with E-state index in [0.717, 1.165) is 10.8 Å². The Morgan fingerprint density at radius 3 is 2.76 bits per heavy atom. The lowest BCUT2D eigenvalue weighted by Gasteiger charge is -2.16. The molecule has 1 aliphatic heterocycles. The molecule has 0 saturated carbocycles. The molecule has 8 heteroatoms. The highest BCUT2D eigenvalue weighted by Gasteiger charge is 2.36. The number of nitrogens with zero attached hydrogens (tertiary/aromatic N) is 3. The molecule has 2 heterocycles. The summed E-state index contributed by atoms with van der Waals surface area (Å²) < 4.78 is 37.8. The second-order valence-electron chi connectivity index (χ2n) is 5.79. The van der Waals surface area contributed by atoms with Crippen molar-refractivity contribution in [3.05, 3.63) is 48.1 Å². The van der Waals surface area contributed by atoms with Crippen molar-refractivity contribution in [3.63, 3.8) is 0 Å². The fourth-order valence-corrected chi connectivity index (χ4v) is 4.73. The zero-order chi connectivity index (χ0) is 17.6. The van der Waals surface area contributed by atoms with Gasteiger partial charge in [-0.2, -0.15) is 4.98 Å². The van der Waals surface area contributed by atoms with E-state index in [4.69, 9.17) is 9.26 Å².